The molecule has 8 heavy (non-hydrogen) atoms. The third-order valence-electron chi connectivity index (χ3n) is 0.714. The summed E-state index contributed by atoms with van der Waals surface area (Å²) in [5.41, 5.74) is 1.04. The Hall–Kier alpha value is 0.590. The number of hydrogen-bond acceptors (Lipinski definition) is 2. The minimum Gasteiger partial charge on any atom is -0.233 e. The lowest BCUT2D eigenvalue weighted by molar-refractivity contribution is 1.23. The normalized spacial score (nSPS) is 9.88. The number of thiazole rings is 1. The molecule has 1 aromatic rings. The molecule has 1 aromatic heterocycles. The summed E-state index contributed by atoms with van der Waals surface area (Å²) in [6, 6.07) is 0. The molecule has 0 atom stereocenters. The number of hydrogen-bond donors (Lipinski definition) is 0. The average Bonchev–Trinajstić information content (AvgIpc) is 1.85. The zero-order valence-electron chi connectivity index (χ0n) is 4.11. The van der Waals surface area contributed by atoms with E-state index in [1.54, 1.807) is 11.3 Å². The number of nitrogens with zero attached hydrogens (tertiary/aromatic N) is 1. The number of rotatable bonds is 0. The fourth-order valence-corrected chi connectivity index (χ4v) is 2.82. The van der Waals surface area contributed by atoms with Crippen LogP contribution in [0.15, 0.2) is 7.70 Å². The van der Waals surface area contributed by atoms with Gasteiger partial charge in [-0.2, -0.15) is 0 Å². The molecule has 0 saturated carbocycles. The molecule has 1 rings (SSSR count). The van der Waals surface area contributed by atoms with Crippen LogP contribution in [-0.2, 0) is 0 Å². The van der Waals surface area contributed by atoms with Crippen LogP contribution in [-0.4, -0.2) is 4.98 Å². The van der Waals surface area contributed by atoms with Crippen molar-refractivity contribution >= 4 is 43.2 Å². The van der Waals surface area contributed by atoms with Gasteiger partial charge in [0.1, 0.15) is 0 Å². The summed E-state index contributed by atoms with van der Waals surface area (Å²) in [6.45, 7) is 1.96. The molecule has 0 N–H and O–H groups in total. The third kappa shape index (κ3) is 1.30. The van der Waals surface area contributed by atoms with Gasteiger partial charge < -0.3 is 0 Å². The maximum absolute atomic E-state index is 4.10. The first-order valence-electron chi connectivity index (χ1n) is 1.98. The van der Waals surface area contributed by atoms with Gasteiger partial charge in [-0.1, -0.05) is 11.3 Å². The van der Waals surface area contributed by atoms with Crippen molar-refractivity contribution in [1.29, 1.82) is 0 Å². The minimum atomic E-state index is 0.932. The quantitative estimate of drug-likeness (QED) is 0.696. The summed E-state index contributed by atoms with van der Waals surface area (Å²) in [7, 11) is 0. The second kappa shape index (κ2) is 2.45. The summed E-state index contributed by atoms with van der Waals surface area (Å²) in [5.74, 6) is 0. The largest absolute Gasteiger partial charge is 0.233 e. The predicted molar refractivity (Wildman–Crippen MR) is 42.3 cm³/mol. The van der Waals surface area contributed by atoms with Crippen molar-refractivity contribution in [3.8, 4) is 0 Å². The highest BCUT2D eigenvalue weighted by molar-refractivity contribution is 9.12. The van der Waals surface area contributed by atoms with Crippen molar-refractivity contribution in [2.75, 3.05) is 0 Å². The molecule has 0 aliphatic heterocycles. The SMILES string of the molecule is Cc1nc(Br)sc1Br. The van der Waals surface area contributed by atoms with Crippen molar-refractivity contribution in [3.05, 3.63) is 13.4 Å². The van der Waals surface area contributed by atoms with E-state index in [4.69, 9.17) is 0 Å². The zero-order chi connectivity index (χ0) is 6.15. The van der Waals surface area contributed by atoms with E-state index in [9.17, 15) is 0 Å². The summed E-state index contributed by atoms with van der Waals surface area (Å²) < 4.78 is 2.03. The highest BCUT2D eigenvalue weighted by Gasteiger charge is 1.98. The van der Waals surface area contributed by atoms with Crippen LogP contribution >= 0.6 is 43.2 Å². The van der Waals surface area contributed by atoms with E-state index in [-0.39, 0.29) is 0 Å². The molecule has 4 heteroatoms. The Morgan fingerprint density at radius 3 is 2.25 bits per heavy atom. The van der Waals surface area contributed by atoms with Crippen LogP contribution in [0.4, 0.5) is 0 Å². The Morgan fingerprint density at radius 2 is 2.12 bits per heavy atom. The van der Waals surface area contributed by atoms with Gasteiger partial charge in [-0.25, -0.2) is 4.98 Å². The molecule has 0 aromatic carbocycles. The highest BCUT2D eigenvalue weighted by atomic mass is 79.9. The summed E-state index contributed by atoms with van der Waals surface area (Å²) >= 11 is 8.19. The Kier molecular flexibility index (Phi) is 2.06. The van der Waals surface area contributed by atoms with E-state index in [2.05, 4.69) is 36.8 Å². The van der Waals surface area contributed by atoms with Crippen molar-refractivity contribution in [3.63, 3.8) is 0 Å². The molecule has 0 bridgehead atoms. The van der Waals surface area contributed by atoms with Crippen molar-refractivity contribution in [2.45, 2.75) is 6.92 Å². The molecular weight excluding hydrogens is 254 g/mol. The molecule has 1 nitrogen and oxygen atoms in total. The van der Waals surface area contributed by atoms with Crippen LogP contribution < -0.4 is 0 Å². The molecule has 0 saturated heterocycles. The molecule has 0 aliphatic carbocycles. The molecule has 0 radical (unpaired) electrons. The first kappa shape index (κ1) is 6.71. The van der Waals surface area contributed by atoms with Gasteiger partial charge in [0.25, 0.3) is 0 Å². The topological polar surface area (TPSA) is 12.9 Å². The Bertz CT molecular complexity index is 176. The number of aryl methyl sites for hydroxylation is 1. The van der Waals surface area contributed by atoms with Crippen LogP contribution in [0.1, 0.15) is 5.69 Å². The van der Waals surface area contributed by atoms with Crippen molar-refractivity contribution in [2.24, 2.45) is 0 Å². The van der Waals surface area contributed by atoms with Gasteiger partial charge in [-0.15, -0.1) is 0 Å². The van der Waals surface area contributed by atoms with E-state index in [1.165, 1.54) is 0 Å². The summed E-state index contributed by atoms with van der Waals surface area (Å²) in [5, 5.41) is 0. The van der Waals surface area contributed by atoms with Crippen LogP contribution in [0.25, 0.3) is 0 Å². The second-order valence-corrected chi connectivity index (χ2v) is 4.92. The lowest BCUT2D eigenvalue weighted by atomic mass is 10.6. The van der Waals surface area contributed by atoms with E-state index >= 15 is 0 Å². The Morgan fingerprint density at radius 1 is 1.50 bits per heavy atom. The first-order valence-corrected chi connectivity index (χ1v) is 4.39. The Balaban J connectivity index is 3.14. The molecule has 1 heterocycles. The molecule has 0 fully saturated rings. The molecular formula is C4H3Br2NS. The van der Waals surface area contributed by atoms with Gasteiger partial charge in [0.15, 0.2) is 3.92 Å². The van der Waals surface area contributed by atoms with Crippen molar-refractivity contribution < 1.29 is 0 Å². The van der Waals surface area contributed by atoms with E-state index in [0.29, 0.717) is 0 Å². The minimum absolute atomic E-state index is 0.932. The third-order valence-corrected chi connectivity index (χ3v) is 3.17. The lowest BCUT2D eigenvalue weighted by Crippen LogP contribution is -1.66. The van der Waals surface area contributed by atoms with Gasteiger partial charge in [0.05, 0.1) is 9.48 Å². The molecule has 0 amide bonds. The highest BCUT2D eigenvalue weighted by Crippen LogP contribution is 2.27. The van der Waals surface area contributed by atoms with E-state index < -0.39 is 0 Å². The maximum atomic E-state index is 4.10. The summed E-state index contributed by atoms with van der Waals surface area (Å²) in [6.07, 6.45) is 0. The second-order valence-electron chi connectivity index (χ2n) is 1.33. The zero-order valence-corrected chi connectivity index (χ0v) is 8.10. The number of aromatic nitrogens is 1. The smallest absolute Gasteiger partial charge is 0.160 e. The number of halogens is 2. The standard InChI is InChI=1S/C4H3Br2NS/c1-2-3(5)8-4(6)7-2/h1H3. The first-order chi connectivity index (χ1) is 3.70. The fraction of sp³-hybridized carbons (Fsp3) is 0.250. The van der Waals surface area contributed by atoms with Crippen LogP contribution in [0, 0.1) is 6.92 Å². The van der Waals surface area contributed by atoms with Gasteiger partial charge >= 0.3 is 0 Å². The molecule has 0 aliphatic rings. The van der Waals surface area contributed by atoms with Crippen LogP contribution in [0.3, 0.4) is 0 Å². The Labute approximate surface area is 68.4 Å². The van der Waals surface area contributed by atoms with Crippen molar-refractivity contribution in [1.82, 2.24) is 4.98 Å². The lowest BCUT2D eigenvalue weighted by Gasteiger charge is -1.75. The van der Waals surface area contributed by atoms with Gasteiger partial charge in [-0.05, 0) is 38.8 Å². The molecule has 0 spiro atoms. The molecule has 44 valence electrons. The van der Waals surface area contributed by atoms with Crippen LogP contribution in [0.5, 0.6) is 0 Å². The fourth-order valence-electron chi connectivity index (χ4n) is 0.346. The van der Waals surface area contributed by atoms with Gasteiger partial charge in [-0.3, -0.25) is 0 Å². The van der Waals surface area contributed by atoms with Crippen LogP contribution in [0.2, 0.25) is 0 Å². The predicted octanol–water partition coefficient (Wildman–Crippen LogP) is 2.98. The maximum Gasteiger partial charge on any atom is 0.160 e. The van der Waals surface area contributed by atoms with Gasteiger partial charge in [0.2, 0.25) is 0 Å². The average molecular weight is 257 g/mol. The van der Waals surface area contributed by atoms with Gasteiger partial charge in [0, 0.05) is 0 Å². The van der Waals surface area contributed by atoms with E-state index in [0.717, 1.165) is 13.4 Å². The summed E-state index contributed by atoms with van der Waals surface area (Å²) in [4.78, 5) is 4.10. The molecule has 0 unspecified atom stereocenters. The monoisotopic (exact) mass is 255 g/mol. The van der Waals surface area contributed by atoms with E-state index in [1.807, 2.05) is 6.92 Å².